The van der Waals surface area contributed by atoms with Gasteiger partial charge in [-0.25, -0.2) is 0 Å². The van der Waals surface area contributed by atoms with Gasteiger partial charge < -0.3 is 11.1 Å². The van der Waals surface area contributed by atoms with Gasteiger partial charge in [0, 0.05) is 11.3 Å². The zero-order chi connectivity index (χ0) is 17.8. The highest BCUT2D eigenvalue weighted by Gasteiger charge is 2.24. The number of aryl methyl sites for hydroxylation is 3. The van der Waals surface area contributed by atoms with Gasteiger partial charge in [-0.05, 0) is 56.6 Å². The lowest BCUT2D eigenvalue weighted by atomic mass is 9.95. The highest BCUT2D eigenvalue weighted by molar-refractivity contribution is 7.17. The highest BCUT2D eigenvalue weighted by atomic mass is 32.1. The number of fused-ring (bicyclic) bond motifs is 1. The molecule has 0 saturated carbocycles. The van der Waals surface area contributed by atoms with E-state index < -0.39 is 5.91 Å². The minimum atomic E-state index is -0.436. The summed E-state index contributed by atoms with van der Waals surface area (Å²) in [5, 5.41) is 3.56. The fourth-order valence-electron chi connectivity index (χ4n) is 3.31. The number of thiophene rings is 1. The van der Waals surface area contributed by atoms with Crippen LogP contribution in [0, 0.1) is 6.92 Å². The predicted octanol–water partition coefficient (Wildman–Crippen LogP) is 4.00. The summed E-state index contributed by atoms with van der Waals surface area (Å²) in [6, 6.07) is 8.38. The standard InChI is InChI=1S/C20H24N2O2S/c1-13-9-11-14(12-10-13)5-4-8-17(23)22-20-18(19(21)24)15-6-2-3-7-16(15)25-20/h9-12H,2-8H2,1H3,(H2,21,24)(H,22,23). The quantitative estimate of drug-likeness (QED) is 0.821. The molecule has 0 bridgehead atoms. The molecule has 0 unspecified atom stereocenters. The number of rotatable bonds is 6. The van der Waals surface area contributed by atoms with Gasteiger partial charge in [0.1, 0.15) is 5.00 Å². The molecule has 1 aliphatic rings. The van der Waals surface area contributed by atoms with Gasteiger partial charge in [-0.3, -0.25) is 9.59 Å². The summed E-state index contributed by atoms with van der Waals surface area (Å²) in [5.41, 5.74) is 9.63. The lowest BCUT2D eigenvalue weighted by Crippen LogP contribution is -2.18. The number of nitrogens with one attached hydrogen (secondary N) is 1. The first-order valence-electron chi connectivity index (χ1n) is 8.84. The van der Waals surface area contributed by atoms with Crippen LogP contribution in [0.4, 0.5) is 5.00 Å². The molecular formula is C20H24N2O2S. The molecule has 1 aromatic carbocycles. The molecule has 1 heterocycles. The Bertz CT molecular complexity index is 778. The summed E-state index contributed by atoms with van der Waals surface area (Å²) >= 11 is 1.52. The smallest absolute Gasteiger partial charge is 0.251 e. The van der Waals surface area contributed by atoms with Crippen LogP contribution in [0.15, 0.2) is 24.3 Å². The molecule has 0 saturated heterocycles. The number of anilines is 1. The number of hydrogen-bond acceptors (Lipinski definition) is 3. The van der Waals surface area contributed by atoms with Crippen LogP contribution in [0.1, 0.15) is 57.6 Å². The van der Waals surface area contributed by atoms with E-state index in [9.17, 15) is 9.59 Å². The van der Waals surface area contributed by atoms with Crippen molar-refractivity contribution in [2.24, 2.45) is 5.73 Å². The second-order valence-corrected chi connectivity index (χ2v) is 7.77. The van der Waals surface area contributed by atoms with Crippen LogP contribution in [-0.2, 0) is 24.1 Å². The lowest BCUT2D eigenvalue weighted by molar-refractivity contribution is -0.116. The van der Waals surface area contributed by atoms with Crippen LogP contribution >= 0.6 is 11.3 Å². The van der Waals surface area contributed by atoms with Gasteiger partial charge in [0.2, 0.25) is 5.91 Å². The van der Waals surface area contributed by atoms with Crippen LogP contribution < -0.4 is 11.1 Å². The van der Waals surface area contributed by atoms with Gasteiger partial charge in [0.05, 0.1) is 5.56 Å². The lowest BCUT2D eigenvalue weighted by Gasteiger charge is -2.11. The molecule has 4 nitrogen and oxygen atoms in total. The Labute approximate surface area is 152 Å². The van der Waals surface area contributed by atoms with Gasteiger partial charge in [0.15, 0.2) is 0 Å². The number of benzene rings is 1. The third kappa shape index (κ3) is 4.28. The van der Waals surface area contributed by atoms with Crippen LogP contribution in [0.3, 0.4) is 0 Å². The van der Waals surface area contributed by atoms with E-state index in [1.54, 1.807) is 0 Å². The molecule has 0 spiro atoms. The van der Waals surface area contributed by atoms with E-state index in [-0.39, 0.29) is 5.91 Å². The van der Waals surface area contributed by atoms with Crippen molar-refractivity contribution < 1.29 is 9.59 Å². The van der Waals surface area contributed by atoms with Crippen molar-refractivity contribution in [1.82, 2.24) is 0 Å². The monoisotopic (exact) mass is 356 g/mol. The van der Waals surface area contributed by atoms with Crippen molar-refractivity contribution in [3.63, 3.8) is 0 Å². The molecule has 0 atom stereocenters. The van der Waals surface area contributed by atoms with Crippen molar-refractivity contribution in [2.75, 3.05) is 5.32 Å². The summed E-state index contributed by atoms with van der Waals surface area (Å²) in [6.07, 6.45) is 6.17. The van der Waals surface area contributed by atoms with Crippen LogP contribution in [-0.4, -0.2) is 11.8 Å². The molecule has 1 aromatic heterocycles. The van der Waals surface area contributed by atoms with Gasteiger partial charge in [-0.15, -0.1) is 11.3 Å². The Morgan fingerprint density at radius 3 is 2.60 bits per heavy atom. The zero-order valence-corrected chi connectivity index (χ0v) is 15.4. The third-order valence-corrected chi connectivity index (χ3v) is 5.87. The molecule has 2 amide bonds. The molecule has 0 radical (unpaired) electrons. The number of primary amides is 1. The average molecular weight is 356 g/mol. The molecule has 25 heavy (non-hydrogen) atoms. The molecule has 1 aliphatic carbocycles. The van der Waals surface area contributed by atoms with Crippen LogP contribution in [0.25, 0.3) is 0 Å². The topological polar surface area (TPSA) is 72.2 Å². The molecular weight excluding hydrogens is 332 g/mol. The molecule has 3 rings (SSSR count). The van der Waals surface area contributed by atoms with E-state index in [1.165, 1.54) is 27.3 Å². The van der Waals surface area contributed by atoms with E-state index in [2.05, 4.69) is 36.5 Å². The van der Waals surface area contributed by atoms with E-state index >= 15 is 0 Å². The maximum absolute atomic E-state index is 12.3. The van der Waals surface area contributed by atoms with E-state index in [4.69, 9.17) is 5.73 Å². The first kappa shape index (κ1) is 17.7. The average Bonchev–Trinajstić information content (AvgIpc) is 2.94. The number of nitrogens with two attached hydrogens (primary N) is 1. The Morgan fingerprint density at radius 1 is 1.16 bits per heavy atom. The van der Waals surface area contributed by atoms with Crippen molar-refractivity contribution in [3.05, 3.63) is 51.4 Å². The number of hydrogen-bond donors (Lipinski definition) is 2. The highest BCUT2D eigenvalue weighted by Crippen LogP contribution is 2.37. The van der Waals surface area contributed by atoms with Gasteiger partial charge in [0.25, 0.3) is 5.91 Å². The minimum absolute atomic E-state index is 0.0480. The molecule has 132 valence electrons. The minimum Gasteiger partial charge on any atom is -0.365 e. The molecule has 2 aromatic rings. The largest absolute Gasteiger partial charge is 0.365 e. The van der Waals surface area contributed by atoms with Crippen LogP contribution in [0.2, 0.25) is 0 Å². The van der Waals surface area contributed by atoms with Gasteiger partial charge in [-0.1, -0.05) is 29.8 Å². The van der Waals surface area contributed by atoms with E-state index in [0.29, 0.717) is 17.0 Å². The number of carbonyl (C=O) groups excluding carboxylic acids is 2. The Kier molecular flexibility index (Phi) is 5.53. The summed E-state index contributed by atoms with van der Waals surface area (Å²) in [4.78, 5) is 25.3. The summed E-state index contributed by atoms with van der Waals surface area (Å²) in [5.74, 6) is -0.484. The molecule has 3 N–H and O–H groups in total. The van der Waals surface area contributed by atoms with Crippen molar-refractivity contribution >= 4 is 28.2 Å². The summed E-state index contributed by atoms with van der Waals surface area (Å²) < 4.78 is 0. The summed E-state index contributed by atoms with van der Waals surface area (Å²) in [6.45, 7) is 2.06. The van der Waals surface area contributed by atoms with E-state index in [0.717, 1.165) is 44.1 Å². The molecule has 0 aliphatic heterocycles. The third-order valence-electron chi connectivity index (χ3n) is 4.66. The van der Waals surface area contributed by atoms with Crippen LogP contribution in [0.5, 0.6) is 0 Å². The van der Waals surface area contributed by atoms with Gasteiger partial charge >= 0.3 is 0 Å². The van der Waals surface area contributed by atoms with Gasteiger partial charge in [-0.2, -0.15) is 0 Å². The maximum Gasteiger partial charge on any atom is 0.251 e. The first-order chi connectivity index (χ1) is 12.0. The van der Waals surface area contributed by atoms with E-state index in [1.807, 2.05) is 0 Å². The fraction of sp³-hybridized carbons (Fsp3) is 0.400. The predicted molar refractivity (Wildman–Crippen MR) is 102 cm³/mol. The Morgan fingerprint density at radius 2 is 1.88 bits per heavy atom. The normalized spacial score (nSPS) is 13.3. The number of amides is 2. The second kappa shape index (κ2) is 7.83. The molecule has 0 fully saturated rings. The number of carbonyl (C=O) groups is 2. The first-order valence-corrected chi connectivity index (χ1v) is 9.66. The Hall–Kier alpha value is -2.14. The fourth-order valence-corrected chi connectivity index (χ4v) is 4.62. The zero-order valence-electron chi connectivity index (χ0n) is 14.6. The SMILES string of the molecule is Cc1ccc(CCCC(=O)Nc2sc3c(c2C(N)=O)CCCC3)cc1. The van der Waals surface area contributed by atoms with Crippen molar-refractivity contribution in [3.8, 4) is 0 Å². The van der Waals surface area contributed by atoms with Crippen molar-refractivity contribution in [2.45, 2.75) is 51.9 Å². The second-order valence-electron chi connectivity index (χ2n) is 6.67. The van der Waals surface area contributed by atoms with Crippen molar-refractivity contribution in [1.29, 1.82) is 0 Å². The Balaban J connectivity index is 1.60. The maximum atomic E-state index is 12.3. The summed E-state index contributed by atoms with van der Waals surface area (Å²) in [7, 11) is 0. The molecule has 5 heteroatoms.